The zero-order valence-corrected chi connectivity index (χ0v) is 11.2. The van der Waals surface area contributed by atoms with Crippen molar-refractivity contribution in [1.29, 1.82) is 0 Å². The monoisotopic (exact) mass is 259 g/mol. The van der Waals surface area contributed by atoms with Gasteiger partial charge in [0.25, 0.3) is 0 Å². The Bertz CT molecular complexity index is 551. The predicted molar refractivity (Wildman–Crippen MR) is 75.8 cm³/mol. The fourth-order valence-electron chi connectivity index (χ4n) is 1.91. The van der Waals surface area contributed by atoms with Crippen LogP contribution in [-0.4, -0.2) is 11.7 Å². The van der Waals surface area contributed by atoms with E-state index in [-0.39, 0.29) is 18.5 Å². The van der Waals surface area contributed by atoms with Gasteiger partial charge >= 0.3 is 0 Å². The Labute approximate surface area is 112 Å². The van der Waals surface area contributed by atoms with Gasteiger partial charge in [-0.05, 0) is 43.2 Å². The number of aliphatic hydroxyl groups excluding tert-OH is 1. The molecule has 2 N–H and O–H groups in total. The molecule has 19 heavy (non-hydrogen) atoms. The fourth-order valence-corrected chi connectivity index (χ4v) is 1.91. The number of benzene rings is 2. The SMILES string of the molecule is Cc1ccc(NC(CO)c2ccc(C)c(F)c2)cc1. The third kappa shape index (κ3) is 3.32. The maximum Gasteiger partial charge on any atom is 0.126 e. The molecule has 0 spiro atoms. The van der Waals surface area contributed by atoms with Crippen LogP contribution in [0.3, 0.4) is 0 Å². The molecule has 0 aliphatic heterocycles. The van der Waals surface area contributed by atoms with E-state index in [4.69, 9.17) is 0 Å². The Morgan fingerprint density at radius 3 is 2.37 bits per heavy atom. The molecule has 0 aliphatic rings. The van der Waals surface area contributed by atoms with Crippen molar-refractivity contribution in [3.8, 4) is 0 Å². The van der Waals surface area contributed by atoms with Gasteiger partial charge in [-0.1, -0.05) is 29.8 Å². The number of hydrogen-bond donors (Lipinski definition) is 2. The Balaban J connectivity index is 2.19. The molecule has 100 valence electrons. The van der Waals surface area contributed by atoms with E-state index in [2.05, 4.69) is 5.32 Å². The number of rotatable bonds is 4. The van der Waals surface area contributed by atoms with Gasteiger partial charge in [0.1, 0.15) is 5.82 Å². The van der Waals surface area contributed by atoms with E-state index in [1.54, 1.807) is 13.0 Å². The van der Waals surface area contributed by atoms with Crippen molar-refractivity contribution < 1.29 is 9.50 Å². The maximum atomic E-state index is 13.6. The molecule has 0 saturated carbocycles. The molecule has 2 aromatic rings. The Hall–Kier alpha value is -1.87. The maximum absolute atomic E-state index is 13.6. The van der Waals surface area contributed by atoms with Crippen LogP contribution < -0.4 is 5.32 Å². The topological polar surface area (TPSA) is 32.3 Å². The molecule has 0 saturated heterocycles. The van der Waals surface area contributed by atoms with Crippen molar-refractivity contribution in [3.05, 3.63) is 65.0 Å². The van der Waals surface area contributed by atoms with Crippen molar-refractivity contribution in [3.63, 3.8) is 0 Å². The molecule has 3 heteroatoms. The van der Waals surface area contributed by atoms with Gasteiger partial charge in [0, 0.05) is 5.69 Å². The van der Waals surface area contributed by atoms with Crippen LogP contribution in [0.15, 0.2) is 42.5 Å². The van der Waals surface area contributed by atoms with Gasteiger partial charge in [-0.3, -0.25) is 0 Å². The smallest absolute Gasteiger partial charge is 0.126 e. The quantitative estimate of drug-likeness (QED) is 0.879. The first-order chi connectivity index (χ1) is 9.10. The summed E-state index contributed by atoms with van der Waals surface area (Å²) in [5.41, 5.74) is 3.43. The molecule has 1 unspecified atom stereocenters. The van der Waals surface area contributed by atoms with E-state index < -0.39 is 0 Å². The summed E-state index contributed by atoms with van der Waals surface area (Å²) in [5.74, 6) is -0.248. The van der Waals surface area contributed by atoms with Gasteiger partial charge in [0.2, 0.25) is 0 Å². The molecule has 0 heterocycles. The average Bonchev–Trinajstić information content (AvgIpc) is 2.41. The van der Waals surface area contributed by atoms with Crippen LogP contribution >= 0.6 is 0 Å². The molecule has 0 aliphatic carbocycles. The first-order valence-corrected chi connectivity index (χ1v) is 6.30. The van der Waals surface area contributed by atoms with E-state index in [0.717, 1.165) is 11.3 Å². The third-order valence-electron chi connectivity index (χ3n) is 3.17. The normalized spacial score (nSPS) is 12.2. The fraction of sp³-hybridized carbons (Fsp3) is 0.250. The summed E-state index contributed by atoms with van der Waals surface area (Å²) in [4.78, 5) is 0. The molecule has 0 aromatic heterocycles. The third-order valence-corrected chi connectivity index (χ3v) is 3.17. The van der Waals surface area contributed by atoms with E-state index in [1.807, 2.05) is 37.3 Å². The van der Waals surface area contributed by atoms with Gasteiger partial charge in [0.05, 0.1) is 12.6 Å². The van der Waals surface area contributed by atoms with Crippen molar-refractivity contribution >= 4 is 5.69 Å². The largest absolute Gasteiger partial charge is 0.394 e. The minimum absolute atomic E-state index is 0.0869. The Morgan fingerprint density at radius 1 is 1.11 bits per heavy atom. The summed E-state index contributed by atoms with van der Waals surface area (Å²) in [6.07, 6.45) is 0. The molecule has 0 fully saturated rings. The highest BCUT2D eigenvalue weighted by Crippen LogP contribution is 2.21. The van der Waals surface area contributed by atoms with E-state index in [0.29, 0.717) is 5.56 Å². The van der Waals surface area contributed by atoms with Crippen LogP contribution in [0.2, 0.25) is 0 Å². The van der Waals surface area contributed by atoms with Crippen molar-refractivity contribution in [2.24, 2.45) is 0 Å². The highest BCUT2D eigenvalue weighted by molar-refractivity contribution is 5.47. The number of aliphatic hydroxyl groups is 1. The Morgan fingerprint density at radius 2 is 1.79 bits per heavy atom. The first-order valence-electron chi connectivity index (χ1n) is 6.30. The minimum atomic E-state index is -0.308. The van der Waals surface area contributed by atoms with Crippen LogP contribution in [-0.2, 0) is 0 Å². The van der Waals surface area contributed by atoms with Gasteiger partial charge in [-0.2, -0.15) is 0 Å². The number of halogens is 1. The van der Waals surface area contributed by atoms with Crippen LogP contribution in [0.4, 0.5) is 10.1 Å². The van der Waals surface area contributed by atoms with Gasteiger partial charge < -0.3 is 10.4 Å². The zero-order chi connectivity index (χ0) is 13.8. The summed E-state index contributed by atoms with van der Waals surface area (Å²) in [7, 11) is 0. The number of aryl methyl sites for hydroxylation is 2. The number of hydrogen-bond acceptors (Lipinski definition) is 2. The second-order valence-corrected chi connectivity index (χ2v) is 4.75. The second-order valence-electron chi connectivity index (χ2n) is 4.75. The van der Waals surface area contributed by atoms with E-state index in [1.165, 1.54) is 11.6 Å². The molecule has 2 rings (SSSR count). The van der Waals surface area contributed by atoms with Crippen molar-refractivity contribution in [1.82, 2.24) is 0 Å². The highest BCUT2D eigenvalue weighted by Gasteiger charge is 2.11. The lowest BCUT2D eigenvalue weighted by Gasteiger charge is -2.18. The average molecular weight is 259 g/mol. The minimum Gasteiger partial charge on any atom is -0.394 e. The molecule has 2 nitrogen and oxygen atoms in total. The van der Waals surface area contributed by atoms with Gasteiger partial charge in [0.15, 0.2) is 0 Å². The summed E-state index contributed by atoms with van der Waals surface area (Å²) in [6, 6.07) is 12.6. The first kappa shape index (κ1) is 13.6. The summed E-state index contributed by atoms with van der Waals surface area (Å²) < 4.78 is 13.6. The predicted octanol–water partition coefficient (Wildman–Crippen LogP) is 3.59. The van der Waals surface area contributed by atoms with Crippen LogP contribution in [0.25, 0.3) is 0 Å². The van der Waals surface area contributed by atoms with Crippen LogP contribution in [0, 0.1) is 19.7 Å². The molecule has 0 amide bonds. The lowest BCUT2D eigenvalue weighted by Crippen LogP contribution is -2.15. The standard InChI is InChI=1S/C16H18FNO/c1-11-3-7-14(8-4-11)18-16(10-19)13-6-5-12(2)15(17)9-13/h3-9,16,18-19H,10H2,1-2H3. The van der Waals surface area contributed by atoms with E-state index in [9.17, 15) is 9.50 Å². The number of nitrogens with one attached hydrogen (secondary N) is 1. The van der Waals surface area contributed by atoms with Crippen LogP contribution in [0.1, 0.15) is 22.7 Å². The molecule has 2 aromatic carbocycles. The molecular weight excluding hydrogens is 241 g/mol. The molecule has 0 radical (unpaired) electrons. The van der Waals surface area contributed by atoms with Crippen molar-refractivity contribution in [2.75, 3.05) is 11.9 Å². The van der Waals surface area contributed by atoms with Crippen molar-refractivity contribution in [2.45, 2.75) is 19.9 Å². The molecule has 1 atom stereocenters. The van der Waals surface area contributed by atoms with Gasteiger partial charge in [-0.25, -0.2) is 4.39 Å². The zero-order valence-electron chi connectivity index (χ0n) is 11.2. The van der Waals surface area contributed by atoms with E-state index >= 15 is 0 Å². The van der Waals surface area contributed by atoms with Crippen LogP contribution in [0.5, 0.6) is 0 Å². The Kier molecular flexibility index (Phi) is 4.17. The summed E-state index contributed by atoms with van der Waals surface area (Å²) >= 11 is 0. The molecule has 0 bridgehead atoms. The van der Waals surface area contributed by atoms with Gasteiger partial charge in [-0.15, -0.1) is 0 Å². The molecular formula is C16H18FNO. The second kappa shape index (κ2) is 5.85. The lowest BCUT2D eigenvalue weighted by atomic mass is 10.0. The summed E-state index contributed by atoms with van der Waals surface area (Å²) in [5, 5.41) is 12.7. The highest BCUT2D eigenvalue weighted by atomic mass is 19.1. The number of anilines is 1. The summed E-state index contributed by atoms with van der Waals surface area (Å²) in [6.45, 7) is 3.65. The lowest BCUT2D eigenvalue weighted by molar-refractivity contribution is 0.276.